The Morgan fingerprint density at radius 3 is 3.07 bits per heavy atom. The molecular formula is C11H11NO3. The van der Waals surface area contributed by atoms with Crippen LogP contribution >= 0.6 is 0 Å². The van der Waals surface area contributed by atoms with Gasteiger partial charge in [0.05, 0.1) is 0 Å². The van der Waals surface area contributed by atoms with Crippen LogP contribution in [0.3, 0.4) is 0 Å². The van der Waals surface area contributed by atoms with Gasteiger partial charge in [0.2, 0.25) is 0 Å². The number of aryl methyl sites for hydroxylation is 2. The van der Waals surface area contributed by atoms with Crippen LogP contribution in [0.15, 0.2) is 22.6 Å². The third-order valence-corrected chi connectivity index (χ3v) is 2.22. The Bertz CT molecular complexity index is 502. The van der Waals surface area contributed by atoms with Gasteiger partial charge in [-0.25, -0.2) is 4.98 Å². The topological polar surface area (TPSA) is 63.3 Å². The molecule has 0 amide bonds. The number of aromatic nitrogens is 1. The van der Waals surface area contributed by atoms with Gasteiger partial charge in [0, 0.05) is 13.3 Å². The summed E-state index contributed by atoms with van der Waals surface area (Å²) in [5, 5.41) is 8.61. The van der Waals surface area contributed by atoms with Crippen LogP contribution in [-0.4, -0.2) is 16.1 Å². The van der Waals surface area contributed by atoms with E-state index in [1.54, 1.807) is 6.92 Å². The smallest absolute Gasteiger partial charge is 0.303 e. The van der Waals surface area contributed by atoms with Gasteiger partial charge in [-0.05, 0) is 18.1 Å². The summed E-state index contributed by atoms with van der Waals surface area (Å²) < 4.78 is 5.36. The lowest BCUT2D eigenvalue weighted by molar-refractivity contribution is -0.136. The van der Waals surface area contributed by atoms with Crippen molar-refractivity contribution in [3.63, 3.8) is 0 Å². The van der Waals surface area contributed by atoms with E-state index in [9.17, 15) is 4.79 Å². The lowest BCUT2D eigenvalue weighted by Gasteiger charge is -1.98. The number of para-hydroxylation sites is 1. The molecule has 1 N–H and O–H groups in total. The first-order valence-corrected chi connectivity index (χ1v) is 4.73. The maximum atomic E-state index is 10.5. The van der Waals surface area contributed by atoms with E-state index in [1.807, 2.05) is 18.2 Å². The Labute approximate surface area is 86.5 Å². The lowest BCUT2D eigenvalue weighted by Crippen LogP contribution is -1.97. The molecule has 0 saturated heterocycles. The normalized spacial score (nSPS) is 10.7. The second kappa shape index (κ2) is 3.73. The number of rotatable bonds is 3. The largest absolute Gasteiger partial charge is 0.481 e. The predicted molar refractivity (Wildman–Crippen MR) is 54.7 cm³/mol. The van der Waals surface area contributed by atoms with Crippen molar-refractivity contribution in [2.24, 2.45) is 0 Å². The van der Waals surface area contributed by atoms with Crippen LogP contribution in [0.5, 0.6) is 0 Å². The van der Waals surface area contributed by atoms with Gasteiger partial charge in [0.15, 0.2) is 11.5 Å². The molecule has 0 saturated carbocycles. The minimum absolute atomic E-state index is 0.116. The fourth-order valence-electron chi connectivity index (χ4n) is 1.56. The van der Waals surface area contributed by atoms with Crippen molar-refractivity contribution < 1.29 is 14.3 Å². The zero-order valence-corrected chi connectivity index (χ0v) is 8.36. The van der Waals surface area contributed by atoms with Crippen molar-refractivity contribution in [1.82, 2.24) is 4.98 Å². The van der Waals surface area contributed by atoms with E-state index >= 15 is 0 Å². The van der Waals surface area contributed by atoms with Crippen LogP contribution in [0.2, 0.25) is 0 Å². The average Bonchev–Trinajstić information content (AvgIpc) is 2.55. The molecule has 4 nitrogen and oxygen atoms in total. The van der Waals surface area contributed by atoms with E-state index in [-0.39, 0.29) is 6.42 Å². The Morgan fingerprint density at radius 1 is 1.53 bits per heavy atom. The molecule has 0 bridgehead atoms. The Kier molecular flexibility index (Phi) is 2.41. The van der Waals surface area contributed by atoms with Crippen LogP contribution in [0.25, 0.3) is 11.1 Å². The molecule has 2 rings (SSSR count). The fourth-order valence-corrected chi connectivity index (χ4v) is 1.56. The number of fused-ring (bicyclic) bond motifs is 1. The molecule has 0 unspecified atom stereocenters. The van der Waals surface area contributed by atoms with Crippen LogP contribution in [-0.2, 0) is 11.2 Å². The molecule has 1 heterocycles. The molecule has 0 spiro atoms. The van der Waals surface area contributed by atoms with Crippen molar-refractivity contribution in [1.29, 1.82) is 0 Å². The van der Waals surface area contributed by atoms with Gasteiger partial charge in [0.1, 0.15) is 5.52 Å². The number of oxazole rings is 1. The number of carbonyl (C=O) groups is 1. The Balaban J connectivity index is 2.37. The highest BCUT2D eigenvalue weighted by Crippen LogP contribution is 2.20. The number of carboxylic acids is 1. The van der Waals surface area contributed by atoms with E-state index < -0.39 is 5.97 Å². The number of nitrogens with zero attached hydrogens (tertiary/aromatic N) is 1. The molecule has 0 aliphatic carbocycles. The van der Waals surface area contributed by atoms with Gasteiger partial charge in [-0.15, -0.1) is 0 Å². The van der Waals surface area contributed by atoms with Gasteiger partial charge < -0.3 is 9.52 Å². The van der Waals surface area contributed by atoms with Crippen molar-refractivity contribution in [3.05, 3.63) is 29.7 Å². The number of hydrogen-bond acceptors (Lipinski definition) is 3. The Hall–Kier alpha value is -1.84. The first kappa shape index (κ1) is 9.71. The van der Waals surface area contributed by atoms with Crippen LogP contribution in [0, 0.1) is 6.92 Å². The van der Waals surface area contributed by atoms with Gasteiger partial charge >= 0.3 is 5.97 Å². The predicted octanol–water partition coefficient (Wildman–Crippen LogP) is 2.15. The van der Waals surface area contributed by atoms with E-state index in [2.05, 4.69) is 4.98 Å². The highest BCUT2D eigenvalue weighted by atomic mass is 16.4. The monoisotopic (exact) mass is 205 g/mol. The number of carboxylic acid groups (broad SMARTS) is 1. The summed E-state index contributed by atoms with van der Waals surface area (Å²) in [5.41, 5.74) is 2.42. The molecular weight excluding hydrogens is 194 g/mol. The van der Waals surface area contributed by atoms with Crippen LogP contribution in [0.4, 0.5) is 0 Å². The maximum Gasteiger partial charge on any atom is 0.303 e. The Morgan fingerprint density at radius 2 is 2.33 bits per heavy atom. The second-order valence-electron chi connectivity index (χ2n) is 3.39. The molecule has 2 aromatic rings. The third-order valence-electron chi connectivity index (χ3n) is 2.22. The van der Waals surface area contributed by atoms with Gasteiger partial charge in [-0.3, -0.25) is 4.79 Å². The maximum absolute atomic E-state index is 10.5. The van der Waals surface area contributed by atoms with Crippen molar-refractivity contribution in [3.8, 4) is 0 Å². The minimum atomic E-state index is -0.799. The van der Waals surface area contributed by atoms with E-state index in [0.717, 1.165) is 16.7 Å². The summed E-state index contributed by atoms with van der Waals surface area (Å²) in [7, 11) is 0. The number of hydrogen-bond donors (Lipinski definition) is 1. The summed E-state index contributed by atoms with van der Waals surface area (Å²) in [5.74, 6) is -0.194. The van der Waals surface area contributed by atoms with Crippen molar-refractivity contribution in [2.45, 2.75) is 19.8 Å². The highest BCUT2D eigenvalue weighted by molar-refractivity contribution is 5.77. The molecule has 1 aromatic carbocycles. The number of benzene rings is 1. The summed E-state index contributed by atoms with van der Waals surface area (Å²) >= 11 is 0. The first-order valence-electron chi connectivity index (χ1n) is 4.73. The van der Waals surface area contributed by atoms with Crippen molar-refractivity contribution >= 4 is 17.1 Å². The molecule has 78 valence electrons. The third kappa shape index (κ3) is 1.98. The summed E-state index contributed by atoms with van der Waals surface area (Å²) in [6.07, 6.45) is 0.601. The highest BCUT2D eigenvalue weighted by Gasteiger charge is 2.08. The second-order valence-corrected chi connectivity index (χ2v) is 3.39. The SMILES string of the molecule is Cc1nc2c(CCC(=O)O)cccc2o1. The van der Waals surface area contributed by atoms with E-state index in [4.69, 9.17) is 9.52 Å². The molecule has 15 heavy (non-hydrogen) atoms. The number of aliphatic carboxylic acids is 1. The quantitative estimate of drug-likeness (QED) is 0.833. The molecule has 1 aromatic heterocycles. The standard InChI is InChI=1S/C11H11NO3/c1-7-12-11-8(5-6-10(13)14)3-2-4-9(11)15-7/h2-4H,5-6H2,1H3,(H,13,14). The van der Waals surface area contributed by atoms with Crippen LogP contribution in [0.1, 0.15) is 17.9 Å². The van der Waals surface area contributed by atoms with Gasteiger partial charge in [-0.1, -0.05) is 12.1 Å². The van der Waals surface area contributed by atoms with E-state index in [1.165, 1.54) is 0 Å². The summed E-state index contributed by atoms with van der Waals surface area (Å²) in [4.78, 5) is 14.7. The van der Waals surface area contributed by atoms with Crippen molar-refractivity contribution in [2.75, 3.05) is 0 Å². The summed E-state index contributed by atoms with van der Waals surface area (Å²) in [6.45, 7) is 1.78. The van der Waals surface area contributed by atoms with E-state index in [0.29, 0.717) is 12.3 Å². The molecule has 0 fully saturated rings. The molecule has 4 heteroatoms. The molecule has 0 radical (unpaired) electrons. The fraction of sp³-hybridized carbons (Fsp3) is 0.273. The lowest BCUT2D eigenvalue weighted by atomic mass is 10.1. The van der Waals surface area contributed by atoms with Crippen LogP contribution < -0.4 is 0 Å². The summed E-state index contributed by atoms with van der Waals surface area (Å²) in [6, 6.07) is 5.57. The zero-order valence-electron chi connectivity index (χ0n) is 8.36. The zero-order chi connectivity index (χ0) is 10.8. The molecule has 0 aliphatic rings. The molecule has 0 atom stereocenters. The minimum Gasteiger partial charge on any atom is -0.481 e. The first-order chi connectivity index (χ1) is 7.16. The van der Waals surface area contributed by atoms with Gasteiger partial charge in [-0.2, -0.15) is 0 Å². The van der Waals surface area contributed by atoms with Gasteiger partial charge in [0.25, 0.3) is 0 Å². The molecule has 0 aliphatic heterocycles. The average molecular weight is 205 g/mol.